The van der Waals surface area contributed by atoms with Crippen LogP contribution in [-0.4, -0.2) is 19.1 Å². The molecule has 0 aliphatic rings. The minimum absolute atomic E-state index is 0.223. The van der Waals surface area contributed by atoms with E-state index in [4.69, 9.17) is 9.47 Å². The van der Waals surface area contributed by atoms with Crippen LogP contribution in [0.3, 0.4) is 0 Å². The van der Waals surface area contributed by atoms with Gasteiger partial charge in [-0.15, -0.1) is 0 Å². The van der Waals surface area contributed by atoms with Crippen LogP contribution in [0, 0.1) is 0 Å². The summed E-state index contributed by atoms with van der Waals surface area (Å²) in [6.07, 6.45) is -0.639. The lowest BCUT2D eigenvalue weighted by Crippen LogP contribution is -2.30. The third-order valence-electron chi connectivity index (χ3n) is 2.83. The first-order valence-electron chi connectivity index (χ1n) is 6.46. The zero-order valence-corrected chi connectivity index (χ0v) is 13.4. The molecule has 1 atom stereocenters. The van der Waals surface area contributed by atoms with Crippen LogP contribution in [0.15, 0.2) is 53.0 Å². The second-order valence-corrected chi connectivity index (χ2v) is 5.33. The van der Waals surface area contributed by atoms with Gasteiger partial charge < -0.3 is 14.8 Å². The largest absolute Gasteiger partial charge is 0.493 e. The molecule has 4 nitrogen and oxygen atoms in total. The number of benzene rings is 2. The first kappa shape index (κ1) is 15.4. The molecule has 0 fully saturated rings. The molecule has 0 aliphatic heterocycles. The lowest BCUT2D eigenvalue weighted by atomic mass is 10.3. The Morgan fingerprint density at radius 1 is 1.14 bits per heavy atom. The molecule has 0 spiro atoms. The second kappa shape index (κ2) is 7.13. The fraction of sp³-hybridized carbons (Fsp3) is 0.188. The van der Waals surface area contributed by atoms with Crippen LogP contribution >= 0.6 is 15.9 Å². The highest BCUT2D eigenvalue weighted by Gasteiger charge is 2.16. The smallest absolute Gasteiger partial charge is 0.265 e. The number of para-hydroxylation sites is 2. The SMILES string of the molecule is COc1ccccc1OC(C)C(=O)Nc1cccc(Br)c1. The van der Waals surface area contributed by atoms with E-state index in [0.717, 1.165) is 4.47 Å². The number of rotatable bonds is 5. The van der Waals surface area contributed by atoms with Crippen molar-refractivity contribution in [2.45, 2.75) is 13.0 Å². The minimum atomic E-state index is -0.639. The lowest BCUT2D eigenvalue weighted by Gasteiger charge is -2.16. The van der Waals surface area contributed by atoms with E-state index in [-0.39, 0.29) is 5.91 Å². The van der Waals surface area contributed by atoms with Crippen molar-refractivity contribution in [2.24, 2.45) is 0 Å². The summed E-state index contributed by atoms with van der Waals surface area (Å²) in [6, 6.07) is 14.6. The van der Waals surface area contributed by atoms with Gasteiger partial charge in [0, 0.05) is 10.2 Å². The van der Waals surface area contributed by atoms with E-state index in [2.05, 4.69) is 21.2 Å². The molecule has 0 saturated carbocycles. The highest BCUT2D eigenvalue weighted by molar-refractivity contribution is 9.10. The second-order valence-electron chi connectivity index (χ2n) is 4.41. The van der Waals surface area contributed by atoms with Gasteiger partial charge in [-0.05, 0) is 37.3 Å². The molecular formula is C16H16BrNO3. The molecule has 2 aromatic rings. The standard InChI is InChI=1S/C16H16BrNO3/c1-11(21-15-9-4-3-8-14(15)20-2)16(19)18-13-7-5-6-12(17)10-13/h3-11H,1-2H3,(H,18,19). The van der Waals surface area contributed by atoms with Gasteiger partial charge in [0.25, 0.3) is 5.91 Å². The number of carbonyl (C=O) groups is 1. The summed E-state index contributed by atoms with van der Waals surface area (Å²) in [4.78, 5) is 12.1. The average Bonchev–Trinajstić information content (AvgIpc) is 2.47. The Balaban J connectivity index is 2.02. The molecule has 1 N–H and O–H groups in total. The zero-order valence-electron chi connectivity index (χ0n) is 11.8. The summed E-state index contributed by atoms with van der Waals surface area (Å²) in [6.45, 7) is 1.69. The van der Waals surface area contributed by atoms with Crippen LogP contribution in [0.5, 0.6) is 11.5 Å². The van der Waals surface area contributed by atoms with Gasteiger partial charge in [-0.2, -0.15) is 0 Å². The molecule has 0 aromatic heterocycles. The van der Waals surface area contributed by atoms with Gasteiger partial charge in [-0.25, -0.2) is 0 Å². The molecule has 21 heavy (non-hydrogen) atoms. The van der Waals surface area contributed by atoms with E-state index in [1.807, 2.05) is 36.4 Å². The summed E-state index contributed by atoms with van der Waals surface area (Å²) < 4.78 is 11.8. The van der Waals surface area contributed by atoms with Crippen LogP contribution in [0.2, 0.25) is 0 Å². The van der Waals surface area contributed by atoms with E-state index in [0.29, 0.717) is 17.2 Å². The summed E-state index contributed by atoms with van der Waals surface area (Å²) in [5.74, 6) is 0.913. The maximum atomic E-state index is 12.1. The quantitative estimate of drug-likeness (QED) is 0.891. The predicted octanol–water partition coefficient (Wildman–Crippen LogP) is 3.86. The first-order valence-corrected chi connectivity index (χ1v) is 7.25. The van der Waals surface area contributed by atoms with E-state index in [1.54, 1.807) is 26.2 Å². The molecule has 2 aromatic carbocycles. The number of hydrogen-bond acceptors (Lipinski definition) is 3. The Morgan fingerprint density at radius 3 is 2.52 bits per heavy atom. The average molecular weight is 350 g/mol. The molecule has 0 saturated heterocycles. The number of carbonyl (C=O) groups excluding carboxylic acids is 1. The molecule has 0 aliphatic carbocycles. The molecule has 0 heterocycles. The van der Waals surface area contributed by atoms with Crippen molar-refractivity contribution in [3.8, 4) is 11.5 Å². The van der Waals surface area contributed by atoms with Gasteiger partial charge >= 0.3 is 0 Å². The highest BCUT2D eigenvalue weighted by Crippen LogP contribution is 2.27. The van der Waals surface area contributed by atoms with Crippen molar-refractivity contribution >= 4 is 27.5 Å². The Kier molecular flexibility index (Phi) is 5.22. The number of ether oxygens (including phenoxy) is 2. The Bertz CT molecular complexity index is 630. The summed E-state index contributed by atoms with van der Waals surface area (Å²) in [7, 11) is 1.56. The van der Waals surface area contributed by atoms with Crippen molar-refractivity contribution in [3.05, 3.63) is 53.0 Å². The number of anilines is 1. The third-order valence-corrected chi connectivity index (χ3v) is 3.33. The van der Waals surface area contributed by atoms with E-state index < -0.39 is 6.10 Å². The summed E-state index contributed by atoms with van der Waals surface area (Å²) in [5, 5.41) is 2.81. The monoisotopic (exact) mass is 349 g/mol. The van der Waals surface area contributed by atoms with E-state index in [9.17, 15) is 4.79 Å². The molecule has 5 heteroatoms. The minimum Gasteiger partial charge on any atom is -0.493 e. The fourth-order valence-electron chi connectivity index (χ4n) is 1.77. The van der Waals surface area contributed by atoms with Crippen molar-refractivity contribution in [2.75, 3.05) is 12.4 Å². The molecule has 0 radical (unpaired) electrons. The molecule has 1 unspecified atom stereocenters. The van der Waals surface area contributed by atoms with Gasteiger partial charge in [0.05, 0.1) is 7.11 Å². The molecule has 1 amide bonds. The van der Waals surface area contributed by atoms with E-state index >= 15 is 0 Å². The van der Waals surface area contributed by atoms with Crippen molar-refractivity contribution in [1.29, 1.82) is 0 Å². The first-order chi connectivity index (χ1) is 10.1. The lowest BCUT2D eigenvalue weighted by molar-refractivity contribution is -0.122. The number of halogens is 1. The normalized spacial score (nSPS) is 11.6. The van der Waals surface area contributed by atoms with Gasteiger partial charge in [0.1, 0.15) is 0 Å². The highest BCUT2D eigenvalue weighted by atomic mass is 79.9. The molecule has 2 rings (SSSR count). The third kappa shape index (κ3) is 4.23. The Labute approximate surface area is 132 Å². The van der Waals surface area contributed by atoms with E-state index in [1.165, 1.54) is 0 Å². The van der Waals surface area contributed by atoms with Gasteiger partial charge in [-0.3, -0.25) is 4.79 Å². The Morgan fingerprint density at radius 2 is 1.86 bits per heavy atom. The number of methoxy groups -OCH3 is 1. The van der Waals surface area contributed by atoms with Crippen LogP contribution in [0.4, 0.5) is 5.69 Å². The van der Waals surface area contributed by atoms with Gasteiger partial charge in [0.2, 0.25) is 0 Å². The Hall–Kier alpha value is -2.01. The summed E-state index contributed by atoms with van der Waals surface area (Å²) in [5.41, 5.74) is 0.713. The number of hydrogen-bond donors (Lipinski definition) is 1. The van der Waals surface area contributed by atoms with Gasteiger partial charge in [-0.1, -0.05) is 34.1 Å². The van der Waals surface area contributed by atoms with Crippen LogP contribution < -0.4 is 14.8 Å². The summed E-state index contributed by atoms with van der Waals surface area (Å²) >= 11 is 3.36. The molecule has 110 valence electrons. The van der Waals surface area contributed by atoms with Crippen molar-refractivity contribution < 1.29 is 14.3 Å². The number of nitrogens with one attached hydrogen (secondary N) is 1. The molecule has 0 bridgehead atoms. The fourth-order valence-corrected chi connectivity index (χ4v) is 2.17. The van der Waals surface area contributed by atoms with Crippen LogP contribution in [0.25, 0.3) is 0 Å². The maximum Gasteiger partial charge on any atom is 0.265 e. The zero-order chi connectivity index (χ0) is 15.2. The maximum absolute atomic E-state index is 12.1. The molecular weight excluding hydrogens is 334 g/mol. The van der Waals surface area contributed by atoms with Gasteiger partial charge in [0.15, 0.2) is 17.6 Å². The predicted molar refractivity (Wildman–Crippen MR) is 85.9 cm³/mol. The van der Waals surface area contributed by atoms with Crippen LogP contribution in [-0.2, 0) is 4.79 Å². The topological polar surface area (TPSA) is 47.6 Å². The van der Waals surface area contributed by atoms with Crippen molar-refractivity contribution in [3.63, 3.8) is 0 Å². The van der Waals surface area contributed by atoms with Crippen LogP contribution in [0.1, 0.15) is 6.92 Å². The number of amides is 1. The van der Waals surface area contributed by atoms with Crippen molar-refractivity contribution in [1.82, 2.24) is 0 Å².